The second kappa shape index (κ2) is 6.81. The molecule has 0 bridgehead atoms. The average molecular weight is 298 g/mol. The molecule has 0 spiro atoms. The van der Waals surface area contributed by atoms with E-state index in [4.69, 9.17) is 0 Å². The molecule has 2 aromatic carbocycles. The Morgan fingerprint density at radius 3 is 2.40 bits per heavy atom. The summed E-state index contributed by atoms with van der Waals surface area (Å²) in [5.74, 6) is -1.84. The van der Waals surface area contributed by atoms with Crippen LogP contribution in [0.1, 0.15) is 5.56 Å². The number of hydrogen-bond acceptors (Lipinski definition) is 2. The summed E-state index contributed by atoms with van der Waals surface area (Å²) in [6.45, 7) is 0. The first kappa shape index (κ1) is 14.9. The molecular formula is C15H13F3OS. The molecule has 20 heavy (non-hydrogen) atoms. The molecule has 0 aliphatic heterocycles. The lowest BCUT2D eigenvalue weighted by Gasteiger charge is -2.11. The van der Waals surface area contributed by atoms with Crippen LogP contribution in [0.2, 0.25) is 0 Å². The van der Waals surface area contributed by atoms with E-state index in [0.717, 1.165) is 11.0 Å². The zero-order valence-corrected chi connectivity index (χ0v) is 11.3. The molecule has 2 aromatic rings. The first-order chi connectivity index (χ1) is 9.56. The molecule has 0 amide bonds. The Hall–Kier alpha value is -1.46. The minimum Gasteiger partial charge on any atom is -0.392 e. The van der Waals surface area contributed by atoms with Crippen LogP contribution in [-0.2, 0) is 6.42 Å². The molecule has 0 aliphatic carbocycles. The van der Waals surface area contributed by atoms with Gasteiger partial charge in [0.2, 0.25) is 0 Å². The summed E-state index contributed by atoms with van der Waals surface area (Å²) < 4.78 is 39.2. The SMILES string of the molecule is OC(CSc1ccc(F)cc1)Cc1cccc(F)c1F. The topological polar surface area (TPSA) is 20.2 Å². The monoisotopic (exact) mass is 298 g/mol. The van der Waals surface area contributed by atoms with E-state index in [1.54, 1.807) is 12.1 Å². The Labute approximate surface area is 119 Å². The van der Waals surface area contributed by atoms with Gasteiger partial charge in [-0.15, -0.1) is 11.8 Å². The average Bonchev–Trinajstić information content (AvgIpc) is 2.43. The van der Waals surface area contributed by atoms with Gasteiger partial charge < -0.3 is 5.11 Å². The molecular weight excluding hydrogens is 285 g/mol. The molecule has 0 aromatic heterocycles. The van der Waals surface area contributed by atoms with Crippen LogP contribution >= 0.6 is 11.8 Å². The fourth-order valence-corrected chi connectivity index (χ4v) is 2.57. The third-order valence-corrected chi connectivity index (χ3v) is 3.90. The second-order valence-electron chi connectivity index (χ2n) is 4.34. The zero-order valence-electron chi connectivity index (χ0n) is 10.5. The summed E-state index contributed by atoms with van der Waals surface area (Å²) in [4.78, 5) is 0.810. The predicted octanol–water partition coefficient (Wildman–Crippen LogP) is 3.80. The van der Waals surface area contributed by atoms with Crippen LogP contribution in [0.25, 0.3) is 0 Å². The molecule has 2 rings (SSSR count). The number of aliphatic hydroxyl groups excluding tert-OH is 1. The third kappa shape index (κ3) is 4.02. The van der Waals surface area contributed by atoms with Crippen molar-refractivity contribution in [3.63, 3.8) is 0 Å². The van der Waals surface area contributed by atoms with Crippen molar-refractivity contribution in [1.29, 1.82) is 0 Å². The van der Waals surface area contributed by atoms with Crippen LogP contribution in [0.4, 0.5) is 13.2 Å². The predicted molar refractivity (Wildman–Crippen MR) is 73.2 cm³/mol. The van der Waals surface area contributed by atoms with Crippen LogP contribution in [-0.4, -0.2) is 17.0 Å². The van der Waals surface area contributed by atoms with Crippen molar-refractivity contribution in [2.75, 3.05) is 5.75 Å². The van der Waals surface area contributed by atoms with E-state index >= 15 is 0 Å². The lowest BCUT2D eigenvalue weighted by atomic mass is 10.1. The lowest BCUT2D eigenvalue weighted by Crippen LogP contribution is -2.14. The van der Waals surface area contributed by atoms with Gasteiger partial charge in [0.05, 0.1) is 6.10 Å². The molecule has 0 aliphatic rings. The van der Waals surface area contributed by atoms with E-state index in [9.17, 15) is 18.3 Å². The van der Waals surface area contributed by atoms with Crippen LogP contribution in [0.15, 0.2) is 47.4 Å². The van der Waals surface area contributed by atoms with Gasteiger partial charge in [-0.1, -0.05) is 12.1 Å². The molecule has 0 heterocycles. The minimum atomic E-state index is -0.918. The second-order valence-corrected chi connectivity index (χ2v) is 5.43. The van der Waals surface area contributed by atoms with Gasteiger partial charge in [0.1, 0.15) is 5.82 Å². The van der Waals surface area contributed by atoms with Crippen LogP contribution in [0, 0.1) is 17.5 Å². The molecule has 1 atom stereocenters. The van der Waals surface area contributed by atoms with Crippen molar-refractivity contribution in [3.05, 3.63) is 65.5 Å². The first-order valence-electron chi connectivity index (χ1n) is 6.05. The molecule has 0 saturated carbocycles. The lowest BCUT2D eigenvalue weighted by molar-refractivity contribution is 0.198. The highest BCUT2D eigenvalue weighted by Crippen LogP contribution is 2.21. The fourth-order valence-electron chi connectivity index (χ4n) is 1.74. The number of hydrogen-bond donors (Lipinski definition) is 1. The Morgan fingerprint density at radius 2 is 1.70 bits per heavy atom. The van der Waals surface area contributed by atoms with Gasteiger partial charge in [-0.2, -0.15) is 0 Å². The van der Waals surface area contributed by atoms with Gasteiger partial charge in [0, 0.05) is 17.1 Å². The number of halogens is 3. The van der Waals surface area contributed by atoms with Gasteiger partial charge in [0.25, 0.3) is 0 Å². The van der Waals surface area contributed by atoms with Crippen molar-refractivity contribution in [1.82, 2.24) is 0 Å². The zero-order chi connectivity index (χ0) is 14.5. The van der Waals surface area contributed by atoms with Crippen LogP contribution in [0.3, 0.4) is 0 Å². The Balaban J connectivity index is 1.91. The molecule has 0 saturated heterocycles. The summed E-state index contributed by atoms with van der Waals surface area (Å²) in [5.41, 5.74) is 0.150. The van der Waals surface area contributed by atoms with E-state index in [1.165, 1.54) is 36.0 Å². The van der Waals surface area contributed by atoms with Gasteiger partial charge in [-0.25, -0.2) is 13.2 Å². The van der Waals surface area contributed by atoms with E-state index in [2.05, 4.69) is 0 Å². The van der Waals surface area contributed by atoms with Crippen LogP contribution in [0.5, 0.6) is 0 Å². The summed E-state index contributed by atoms with van der Waals surface area (Å²) in [7, 11) is 0. The largest absolute Gasteiger partial charge is 0.392 e. The number of aliphatic hydroxyl groups is 1. The highest BCUT2D eigenvalue weighted by atomic mass is 32.2. The number of rotatable bonds is 5. The first-order valence-corrected chi connectivity index (χ1v) is 7.04. The number of thioether (sulfide) groups is 1. The highest BCUT2D eigenvalue weighted by Gasteiger charge is 2.12. The van der Waals surface area contributed by atoms with Crippen molar-refractivity contribution >= 4 is 11.8 Å². The smallest absolute Gasteiger partial charge is 0.162 e. The minimum absolute atomic E-state index is 0.0395. The third-order valence-electron chi connectivity index (χ3n) is 2.74. The Kier molecular flexibility index (Phi) is 5.09. The molecule has 1 unspecified atom stereocenters. The van der Waals surface area contributed by atoms with Crippen molar-refractivity contribution in [2.45, 2.75) is 17.4 Å². The standard InChI is InChI=1S/C15H13F3OS/c16-11-4-6-13(7-5-11)20-9-12(19)8-10-2-1-3-14(17)15(10)18/h1-7,12,19H,8-9H2. The molecule has 1 nitrogen and oxygen atoms in total. The summed E-state index contributed by atoms with van der Waals surface area (Å²) in [5, 5.41) is 9.85. The maximum atomic E-state index is 13.4. The van der Waals surface area contributed by atoms with E-state index in [0.29, 0.717) is 5.75 Å². The van der Waals surface area contributed by atoms with Crippen molar-refractivity contribution in [2.24, 2.45) is 0 Å². The van der Waals surface area contributed by atoms with Gasteiger partial charge >= 0.3 is 0 Å². The molecule has 5 heteroatoms. The Morgan fingerprint density at radius 1 is 1.00 bits per heavy atom. The summed E-state index contributed by atoms with van der Waals surface area (Å²) >= 11 is 1.33. The maximum Gasteiger partial charge on any atom is 0.162 e. The van der Waals surface area contributed by atoms with Gasteiger partial charge in [-0.05, 0) is 35.9 Å². The number of benzene rings is 2. The van der Waals surface area contributed by atoms with Crippen molar-refractivity contribution in [3.8, 4) is 0 Å². The molecule has 106 valence electrons. The van der Waals surface area contributed by atoms with Gasteiger partial charge in [0.15, 0.2) is 11.6 Å². The quantitative estimate of drug-likeness (QED) is 0.847. The van der Waals surface area contributed by atoms with Crippen LogP contribution < -0.4 is 0 Å². The molecule has 0 radical (unpaired) electrons. The van der Waals surface area contributed by atoms with E-state index in [-0.39, 0.29) is 17.8 Å². The van der Waals surface area contributed by atoms with Crippen molar-refractivity contribution < 1.29 is 18.3 Å². The summed E-state index contributed by atoms with van der Waals surface area (Å²) in [6, 6.07) is 9.78. The molecule has 1 N–H and O–H groups in total. The Bertz CT molecular complexity index is 572. The summed E-state index contributed by atoms with van der Waals surface area (Å²) in [6.07, 6.45) is -0.765. The van der Waals surface area contributed by atoms with E-state index in [1.807, 2.05) is 0 Å². The van der Waals surface area contributed by atoms with Gasteiger partial charge in [-0.3, -0.25) is 0 Å². The van der Waals surface area contributed by atoms with E-state index < -0.39 is 17.7 Å². The maximum absolute atomic E-state index is 13.4. The molecule has 0 fully saturated rings. The highest BCUT2D eigenvalue weighted by molar-refractivity contribution is 7.99. The normalized spacial score (nSPS) is 12.4. The fraction of sp³-hybridized carbons (Fsp3) is 0.200.